The van der Waals surface area contributed by atoms with Crippen molar-refractivity contribution in [1.82, 2.24) is 0 Å². The van der Waals surface area contributed by atoms with E-state index >= 15 is 0 Å². The lowest BCUT2D eigenvalue weighted by molar-refractivity contribution is 1.30. The normalized spacial score (nSPS) is 10.6. The predicted molar refractivity (Wildman–Crippen MR) is 81.6 cm³/mol. The molecule has 2 N–H and O–H groups in total. The summed E-state index contributed by atoms with van der Waals surface area (Å²) in [5, 5.41) is 1.17. The van der Waals surface area contributed by atoms with Crippen LogP contribution in [-0.4, -0.2) is 0 Å². The maximum absolute atomic E-state index is 5.99. The summed E-state index contributed by atoms with van der Waals surface area (Å²) in [6.45, 7) is 2.04. The lowest BCUT2D eigenvalue weighted by Gasteiger charge is -2.08. The highest BCUT2D eigenvalue weighted by Crippen LogP contribution is 2.31. The number of benzene rings is 2. The molecule has 0 aromatic heterocycles. The highest BCUT2D eigenvalue weighted by Gasteiger charge is 2.04. The van der Waals surface area contributed by atoms with E-state index in [1.807, 2.05) is 37.3 Å². The number of rotatable bonds is 3. The number of halogens is 2. The van der Waals surface area contributed by atoms with Crippen molar-refractivity contribution in [3.8, 4) is 0 Å². The first-order valence-corrected chi connectivity index (χ1v) is 7.24. The van der Waals surface area contributed by atoms with Crippen LogP contribution >= 0.6 is 35.0 Å². The molecule has 1 nitrogen and oxygen atoms in total. The van der Waals surface area contributed by atoms with E-state index in [0.29, 0.717) is 10.0 Å². The van der Waals surface area contributed by atoms with Gasteiger partial charge in [0, 0.05) is 16.3 Å². The van der Waals surface area contributed by atoms with Crippen LogP contribution in [0.1, 0.15) is 11.1 Å². The van der Waals surface area contributed by atoms with E-state index < -0.39 is 0 Å². The third kappa shape index (κ3) is 3.14. The van der Waals surface area contributed by atoms with Gasteiger partial charge in [0.15, 0.2) is 0 Å². The number of hydrogen-bond acceptors (Lipinski definition) is 2. The van der Waals surface area contributed by atoms with Crippen molar-refractivity contribution in [1.29, 1.82) is 0 Å². The Hall–Kier alpha value is -0.830. The number of nitrogens with two attached hydrogens (primary N) is 1. The van der Waals surface area contributed by atoms with Gasteiger partial charge in [0.1, 0.15) is 0 Å². The molecule has 2 aromatic carbocycles. The molecule has 0 spiro atoms. The zero-order valence-corrected chi connectivity index (χ0v) is 12.2. The van der Waals surface area contributed by atoms with Crippen molar-refractivity contribution in [3.63, 3.8) is 0 Å². The minimum Gasteiger partial charge on any atom is -0.399 e. The lowest BCUT2D eigenvalue weighted by atomic mass is 10.1. The highest BCUT2D eigenvalue weighted by atomic mass is 35.5. The monoisotopic (exact) mass is 297 g/mol. The second kappa shape index (κ2) is 5.87. The minimum atomic E-state index is 0.584. The molecular weight excluding hydrogens is 285 g/mol. The van der Waals surface area contributed by atoms with Gasteiger partial charge in [-0.3, -0.25) is 0 Å². The Bertz CT molecular complexity index is 570. The van der Waals surface area contributed by atoms with Crippen molar-refractivity contribution in [2.24, 2.45) is 0 Å². The molecule has 18 heavy (non-hydrogen) atoms. The highest BCUT2D eigenvalue weighted by molar-refractivity contribution is 7.98. The summed E-state index contributed by atoms with van der Waals surface area (Å²) in [7, 11) is 0. The van der Waals surface area contributed by atoms with Crippen LogP contribution < -0.4 is 5.73 Å². The molecule has 0 amide bonds. The maximum atomic E-state index is 5.99. The van der Waals surface area contributed by atoms with Crippen LogP contribution in [0.5, 0.6) is 0 Å². The van der Waals surface area contributed by atoms with Gasteiger partial charge in [-0.25, -0.2) is 0 Å². The van der Waals surface area contributed by atoms with Crippen LogP contribution in [0.2, 0.25) is 10.0 Å². The zero-order valence-electron chi connectivity index (χ0n) is 9.91. The van der Waals surface area contributed by atoms with Gasteiger partial charge in [-0.15, -0.1) is 11.8 Å². The molecule has 0 aliphatic carbocycles. The first kappa shape index (κ1) is 13.6. The molecule has 0 aliphatic rings. The molecule has 0 saturated heterocycles. The second-order valence-electron chi connectivity index (χ2n) is 4.00. The summed E-state index contributed by atoms with van der Waals surface area (Å²) in [5.41, 5.74) is 9.11. The van der Waals surface area contributed by atoms with Crippen molar-refractivity contribution in [2.75, 3.05) is 5.73 Å². The van der Waals surface area contributed by atoms with Crippen LogP contribution in [0.25, 0.3) is 0 Å². The van der Waals surface area contributed by atoms with Gasteiger partial charge in [0.05, 0.1) is 10.0 Å². The Balaban J connectivity index is 2.11. The van der Waals surface area contributed by atoms with E-state index in [9.17, 15) is 0 Å². The quantitative estimate of drug-likeness (QED) is 0.624. The van der Waals surface area contributed by atoms with Crippen LogP contribution in [-0.2, 0) is 5.75 Å². The lowest BCUT2D eigenvalue weighted by Crippen LogP contribution is -1.93. The fourth-order valence-corrected chi connectivity index (χ4v) is 2.95. The maximum Gasteiger partial charge on any atom is 0.0603 e. The van der Waals surface area contributed by atoms with Crippen molar-refractivity contribution in [3.05, 3.63) is 57.6 Å². The third-order valence-electron chi connectivity index (χ3n) is 2.77. The van der Waals surface area contributed by atoms with Crippen molar-refractivity contribution in [2.45, 2.75) is 17.6 Å². The van der Waals surface area contributed by atoms with Gasteiger partial charge in [0.2, 0.25) is 0 Å². The summed E-state index contributed by atoms with van der Waals surface area (Å²) in [6.07, 6.45) is 0. The Morgan fingerprint density at radius 2 is 1.89 bits per heavy atom. The average molecular weight is 298 g/mol. The minimum absolute atomic E-state index is 0.584. The molecule has 94 valence electrons. The van der Waals surface area contributed by atoms with E-state index in [1.54, 1.807) is 11.8 Å². The Labute approximate surface area is 121 Å². The molecule has 0 atom stereocenters. The second-order valence-corrected chi connectivity index (χ2v) is 5.86. The summed E-state index contributed by atoms with van der Waals surface area (Å²) < 4.78 is 0. The van der Waals surface area contributed by atoms with Crippen LogP contribution in [0, 0.1) is 6.92 Å². The molecule has 0 saturated carbocycles. The number of thioether (sulfide) groups is 1. The largest absolute Gasteiger partial charge is 0.399 e. The topological polar surface area (TPSA) is 26.0 Å². The number of anilines is 1. The molecule has 0 bridgehead atoms. The van der Waals surface area contributed by atoms with Crippen LogP contribution in [0.3, 0.4) is 0 Å². The predicted octanol–water partition coefficient (Wildman–Crippen LogP) is 5.18. The summed E-state index contributed by atoms with van der Waals surface area (Å²) in [6, 6.07) is 11.7. The van der Waals surface area contributed by atoms with Gasteiger partial charge in [-0.05, 0) is 42.3 Å². The van der Waals surface area contributed by atoms with Gasteiger partial charge >= 0.3 is 0 Å². The van der Waals surface area contributed by atoms with E-state index in [-0.39, 0.29) is 0 Å². The van der Waals surface area contributed by atoms with E-state index in [0.717, 1.165) is 21.9 Å². The molecule has 2 aromatic rings. The van der Waals surface area contributed by atoms with Gasteiger partial charge in [0.25, 0.3) is 0 Å². The summed E-state index contributed by atoms with van der Waals surface area (Å²) in [4.78, 5) is 1.10. The van der Waals surface area contributed by atoms with E-state index in [4.69, 9.17) is 28.9 Å². The number of hydrogen-bond donors (Lipinski definition) is 1. The fraction of sp³-hybridized carbons (Fsp3) is 0.143. The van der Waals surface area contributed by atoms with Gasteiger partial charge < -0.3 is 5.73 Å². The van der Waals surface area contributed by atoms with E-state index in [1.165, 1.54) is 5.56 Å². The van der Waals surface area contributed by atoms with Gasteiger partial charge in [-0.2, -0.15) is 0 Å². The van der Waals surface area contributed by atoms with Crippen LogP contribution in [0.15, 0.2) is 41.3 Å². The molecular formula is C14H13Cl2NS. The Kier molecular flexibility index (Phi) is 4.44. The average Bonchev–Trinajstić information content (AvgIpc) is 2.35. The van der Waals surface area contributed by atoms with Gasteiger partial charge in [-0.1, -0.05) is 35.3 Å². The van der Waals surface area contributed by atoms with Crippen LogP contribution in [0.4, 0.5) is 5.69 Å². The molecule has 0 aliphatic heterocycles. The smallest absolute Gasteiger partial charge is 0.0603 e. The number of nitrogen functional groups attached to an aromatic ring is 1. The van der Waals surface area contributed by atoms with Crippen molar-refractivity contribution < 1.29 is 0 Å². The molecule has 0 unspecified atom stereocenters. The summed E-state index contributed by atoms with van der Waals surface area (Å²) in [5.74, 6) is 0.870. The fourth-order valence-electron chi connectivity index (χ4n) is 1.59. The standard InChI is InChI=1S/C14H13Cl2NS/c1-9-10(3-2-4-14(9)17)8-18-11-5-6-12(15)13(16)7-11/h2-7H,8,17H2,1H3. The molecule has 0 radical (unpaired) electrons. The molecule has 4 heteroatoms. The molecule has 2 rings (SSSR count). The SMILES string of the molecule is Cc1c(N)cccc1CSc1ccc(Cl)c(Cl)c1. The first-order chi connectivity index (χ1) is 8.58. The van der Waals surface area contributed by atoms with E-state index in [2.05, 4.69) is 6.07 Å². The molecule has 0 fully saturated rings. The summed E-state index contributed by atoms with van der Waals surface area (Å²) >= 11 is 13.6. The third-order valence-corrected chi connectivity index (χ3v) is 4.55. The molecule has 0 heterocycles. The first-order valence-electron chi connectivity index (χ1n) is 5.50. The van der Waals surface area contributed by atoms with Crippen molar-refractivity contribution >= 4 is 40.7 Å². The zero-order chi connectivity index (χ0) is 13.1. The Morgan fingerprint density at radius 3 is 2.61 bits per heavy atom. The Morgan fingerprint density at radius 1 is 1.11 bits per heavy atom.